The third-order valence-corrected chi connectivity index (χ3v) is 2.99. The number of nitrogens with one attached hydrogen (secondary N) is 1. The number of amides is 1. The van der Waals surface area contributed by atoms with Crippen LogP contribution in [-0.2, 0) is 13.1 Å². The van der Waals surface area contributed by atoms with E-state index in [9.17, 15) is 18.0 Å². The first-order chi connectivity index (χ1) is 11.4. The van der Waals surface area contributed by atoms with E-state index in [2.05, 4.69) is 15.5 Å². The second-order valence-electron chi connectivity index (χ2n) is 4.97. The highest BCUT2D eigenvalue weighted by molar-refractivity contribution is 6.02. The summed E-state index contributed by atoms with van der Waals surface area (Å²) in [6, 6.07) is 4.87. The molecule has 0 bridgehead atoms. The summed E-state index contributed by atoms with van der Waals surface area (Å²) in [5, 5.41) is 9.99. The highest BCUT2D eigenvalue weighted by Gasteiger charge is 2.28. The molecule has 0 aliphatic carbocycles. The Hall–Kier alpha value is -3.04. The molecule has 3 rings (SSSR count). The van der Waals surface area contributed by atoms with Crippen LogP contribution in [0.25, 0.3) is 0 Å². The number of carbonyl (C=O) groups is 1. The Kier molecular flexibility index (Phi) is 4.11. The fourth-order valence-electron chi connectivity index (χ4n) is 2.03. The number of hydrogen-bond acceptors (Lipinski definition) is 4. The average molecular weight is 339 g/mol. The number of aromatic nitrogens is 4. The molecule has 0 radical (unpaired) electrons. The number of carbonyl (C=O) groups excluding carboxylic acids is 1. The van der Waals surface area contributed by atoms with Crippen molar-refractivity contribution in [1.29, 1.82) is 0 Å². The molecule has 0 saturated heterocycles. The molecule has 0 aliphatic rings. The van der Waals surface area contributed by atoms with Gasteiger partial charge in [-0.25, -0.2) is 0 Å². The minimum absolute atomic E-state index is 0.0423. The summed E-state index contributed by atoms with van der Waals surface area (Å²) in [6.07, 6.45) is 1.22. The molecule has 0 unspecified atom stereocenters. The van der Waals surface area contributed by atoms with E-state index in [1.807, 2.05) is 0 Å². The van der Waals surface area contributed by atoms with Gasteiger partial charge in [0.2, 0.25) is 0 Å². The van der Waals surface area contributed by atoms with Crippen LogP contribution < -0.4 is 5.32 Å². The molecule has 0 aromatic carbocycles. The summed E-state index contributed by atoms with van der Waals surface area (Å²) >= 11 is 0. The largest absolute Gasteiger partial charge is 0.454 e. The van der Waals surface area contributed by atoms with Crippen molar-refractivity contribution in [3.63, 3.8) is 0 Å². The van der Waals surface area contributed by atoms with Crippen LogP contribution in [-0.4, -0.2) is 31.6 Å². The molecular formula is C14H12F3N5O2. The SMILES string of the molecule is O=C(Nc1cnn(CC(F)(F)F)c1)c1ccc(Cn2cccn2)o1. The molecule has 0 saturated carbocycles. The lowest BCUT2D eigenvalue weighted by atomic mass is 10.4. The van der Waals surface area contributed by atoms with Gasteiger partial charge in [0.15, 0.2) is 5.76 Å². The first-order valence-corrected chi connectivity index (χ1v) is 6.86. The molecule has 0 spiro atoms. The number of furan rings is 1. The van der Waals surface area contributed by atoms with Gasteiger partial charge in [0.25, 0.3) is 5.91 Å². The van der Waals surface area contributed by atoms with Gasteiger partial charge in [0.1, 0.15) is 12.3 Å². The van der Waals surface area contributed by atoms with Crippen LogP contribution in [0.15, 0.2) is 47.4 Å². The zero-order valence-electron chi connectivity index (χ0n) is 12.2. The van der Waals surface area contributed by atoms with E-state index in [4.69, 9.17) is 4.42 Å². The molecule has 1 N–H and O–H groups in total. The topological polar surface area (TPSA) is 77.9 Å². The molecule has 3 aromatic heterocycles. The van der Waals surface area contributed by atoms with Crippen molar-refractivity contribution in [2.45, 2.75) is 19.3 Å². The fourth-order valence-corrected chi connectivity index (χ4v) is 2.03. The molecule has 24 heavy (non-hydrogen) atoms. The van der Waals surface area contributed by atoms with Gasteiger partial charge in [0, 0.05) is 18.6 Å². The van der Waals surface area contributed by atoms with Gasteiger partial charge < -0.3 is 9.73 Å². The van der Waals surface area contributed by atoms with Crippen molar-refractivity contribution in [1.82, 2.24) is 19.6 Å². The number of rotatable bonds is 5. The molecule has 0 aliphatic heterocycles. The second kappa shape index (κ2) is 6.22. The molecule has 10 heteroatoms. The minimum atomic E-state index is -4.38. The Bertz CT molecular complexity index is 820. The van der Waals surface area contributed by atoms with Crippen molar-refractivity contribution in [3.05, 3.63) is 54.5 Å². The lowest BCUT2D eigenvalue weighted by Crippen LogP contribution is -2.17. The fraction of sp³-hybridized carbons (Fsp3) is 0.214. The second-order valence-corrected chi connectivity index (χ2v) is 4.97. The number of anilines is 1. The van der Waals surface area contributed by atoms with E-state index in [0.717, 1.165) is 12.4 Å². The highest BCUT2D eigenvalue weighted by atomic mass is 19.4. The summed E-state index contributed by atoms with van der Waals surface area (Å²) < 4.78 is 44.5. The molecular weight excluding hydrogens is 327 g/mol. The van der Waals surface area contributed by atoms with Crippen molar-refractivity contribution < 1.29 is 22.4 Å². The van der Waals surface area contributed by atoms with E-state index < -0.39 is 18.6 Å². The minimum Gasteiger partial charge on any atom is -0.454 e. The Balaban J connectivity index is 1.62. The predicted molar refractivity (Wildman–Crippen MR) is 76.3 cm³/mol. The Morgan fingerprint density at radius 2 is 2.08 bits per heavy atom. The van der Waals surface area contributed by atoms with Crippen LogP contribution >= 0.6 is 0 Å². The van der Waals surface area contributed by atoms with E-state index in [1.165, 1.54) is 6.07 Å². The van der Waals surface area contributed by atoms with E-state index in [0.29, 0.717) is 17.0 Å². The third-order valence-electron chi connectivity index (χ3n) is 2.99. The van der Waals surface area contributed by atoms with Crippen molar-refractivity contribution in [2.75, 3.05) is 5.32 Å². The normalized spacial score (nSPS) is 11.6. The first-order valence-electron chi connectivity index (χ1n) is 6.86. The molecule has 0 fully saturated rings. The van der Waals surface area contributed by atoms with Gasteiger partial charge in [-0.15, -0.1) is 0 Å². The summed E-state index contributed by atoms with van der Waals surface area (Å²) in [6.45, 7) is -0.860. The molecule has 7 nitrogen and oxygen atoms in total. The number of nitrogens with zero attached hydrogens (tertiary/aromatic N) is 4. The van der Waals surface area contributed by atoms with E-state index in [-0.39, 0.29) is 11.4 Å². The zero-order valence-corrected chi connectivity index (χ0v) is 12.2. The number of halogens is 3. The van der Waals surface area contributed by atoms with Crippen LogP contribution in [0.2, 0.25) is 0 Å². The number of alkyl halides is 3. The summed E-state index contributed by atoms with van der Waals surface area (Å²) in [7, 11) is 0. The summed E-state index contributed by atoms with van der Waals surface area (Å²) in [5.74, 6) is -0.00869. The third kappa shape index (κ3) is 4.03. The maximum Gasteiger partial charge on any atom is 0.408 e. The lowest BCUT2D eigenvalue weighted by Gasteiger charge is -2.05. The van der Waals surface area contributed by atoms with Gasteiger partial charge in [0.05, 0.1) is 18.4 Å². The van der Waals surface area contributed by atoms with Crippen molar-refractivity contribution >= 4 is 11.6 Å². The monoisotopic (exact) mass is 339 g/mol. The van der Waals surface area contributed by atoms with E-state index in [1.54, 1.807) is 29.2 Å². The first kappa shape index (κ1) is 15.8. The van der Waals surface area contributed by atoms with Crippen molar-refractivity contribution in [2.24, 2.45) is 0 Å². The Morgan fingerprint density at radius 3 is 2.79 bits per heavy atom. The predicted octanol–water partition coefficient (Wildman–Crippen LogP) is 2.54. The average Bonchev–Trinajstić information content (AvgIpc) is 3.20. The lowest BCUT2D eigenvalue weighted by molar-refractivity contribution is -0.142. The number of hydrogen-bond donors (Lipinski definition) is 1. The van der Waals surface area contributed by atoms with Crippen LogP contribution in [0.1, 0.15) is 16.3 Å². The Morgan fingerprint density at radius 1 is 1.25 bits per heavy atom. The maximum absolute atomic E-state index is 12.3. The summed E-state index contributed by atoms with van der Waals surface area (Å²) in [4.78, 5) is 12.0. The smallest absolute Gasteiger partial charge is 0.408 e. The van der Waals surface area contributed by atoms with Crippen LogP contribution in [0.5, 0.6) is 0 Å². The quantitative estimate of drug-likeness (QED) is 0.775. The molecule has 3 heterocycles. The van der Waals surface area contributed by atoms with Crippen LogP contribution in [0.3, 0.4) is 0 Å². The zero-order chi connectivity index (χ0) is 17.2. The van der Waals surface area contributed by atoms with Gasteiger partial charge in [-0.2, -0.15) is 23.4 Å². The maximum atomic E-state index is 12.3. The molecule has 126 valence electrons. The van der Waals surface area contributed by atoms with Gasteiger partial charge in [-0.05, 0) is 18.2 Å². The van der Waals surface area contributed by atoms with E-state index >= 15 is 0 Å². The molecule has 1 amide bonds. The molecule has 3 aromatic rings. The van der Waals surface area contributed by atoms with Crippen molar-refractivity contribution in [3.8, 4) is 0 Å². The Labute approximate surface area is 133 Å². The molecule has 0 atom stereocenters. The summed E-state index contributed by atoms with van der Waals surface area (Å²) in [5.41, 5.74) is 0.147. The van der Waals surface area contributed by atoms with Crippen LogP contribution in [0.4, 0.5) is 18.9 Å². The van der Waals surface area contributed by atoms with Gasteiger partial charge in [-0.3, -0.25) is 14.2 Å². The van der Waals surface area contributed by atoms with Gasteiger partial charge >= 0.3 is 6.18 Å². The van der Waals surface area contributed by atoms with Gasteiger partial charge in [-0.1, -0.05) is 0 Å². The highest BCUT2D eigenvalue weighted by Crippen LogP contribution is 2.18. The van der Waals surface area contributed by atoms with Crippen LogP contribution in [0, 0.1) is 0 Å². The standard InChI is InChI=1S/C14H12F3N5O2/c15-14(16,17)9-22-7-10(6-19-22)20-13(23)12-3-2-11(24-12)8-21-5-1-4-18-21/h1-7H,8-9H2,(H,20,23).